The van der Waals surface area contributed by atoms with E-state index in [0.29, 0.717) is 5.56 Å². The lowest BCUT2D eigenvalue weighted by Crippen LogP contribution is -2.44. The van der Waals surface area contributed by atoms with E-state index in [9.17, 15) is 13.2 Å². The van der Waals surface area contributed by atoms with Gasteiger partial charge in [0, 0.05) is 32.2 Å². The number of benzene rings is 1. The molecule has 21 heavy (non-hydrogen) atoms. The molecular formula is C13H18Cl3F3N2. The second-order valence-corrected chi connectivity index (χ2v) is 5.11. The van der Waals surface area contributed by atoms with Gasteiger partial charge in [0.25, 0.3) is 0 Å². The van der Waals surface area contributed by atoms with Crippen molar-refractivity contribution in [3.05, 3.63) is 34.3 Å². The topological polar surface area (TPSA) is 15.3 Å². The standard InChI is InChI=1S/C13H16ClF3N2.2ClH/c1-9(19-6-4-18-5-7-19)10-2-3-12(14)11(8-10)13(15,16)17;;/h2-3,8-9,18H,4-7H2,1H3;2*1H/t9-;;/m0../s1. The van der Waals surface area contributed by atoms with Crippen molar-refractivity contribution < 1.29 is 13.2 Å². The van der Waals surface area contributed by atoms with Gasteiger partial charge in [0.15, 0.2) is 0 Å². The summed E-state index contributed by atoms with van der Waals surface area (Å²) < 4.78 is 38.5. The molecule has 0 aliphatic carbocycles. The van der Waals surface area contributed by atoms with Gasteiger partial charge in [-0.15, -0.1) is 24.8 Å². The van der Waals surface area contributed by atoms with Crippen LogP contribution in [-0.4, -0.2) is 31.1 Å². The van der Waals surface area contributed by atoms with Gasteiger partial charge in [-0.1, -0.05) is 17.7 Å². The highest BCUT2D eigenvalue weighted by atomic mass is 35.5. The fourth-order valence-corrected chi connectivity index (χ4v) is 2.52. The van der Waals surface area contributed by atoms with Crippen LogP contribution < -0.4 is 5.32 Å². The molecule has 1 N–H and O–H groups in total. The van der Waals surface area contributed by atoms with E-state index in [1.54, 1.807) is 6.07 Å². The van der Waals surface area contributed by atoms with Crippen molar-refractivity contribution in [3.8, 4) is 0 Å². The van der Waals surface area contributed by atoms with Crippen LogP contribution in [0, 0.1) is 0 Å². The highest BCUT2D eigenvalue weighted by molar-refractivity contribution is 6.31. The third-order valence-corrected chi connectivity index (χ3v) is 3.81. The van der Waals surface area contributed by atoms with Gasteiger partial charge in [-0.25, -0.2) is 0 Å². The number of alkyl halides is 3. The summed E-state index contributed by atoms with van der Waals surface area (Å²) >= 11 is 5.63. The van der Waals surface area contributed by atoms with Gasteiger partial charge < -0.3 is 5.32 Å². The number of hydrogen-bond donors (Lipinski definition) is 1. The van der Waals surface area contributed by atoms with Crippen molar-refractivity contribution in [2.75, 3.05) is 26.2 Å². The average Bonchev–Trinajstić information content (AvgIpc) is 2.38. The van der Waals surface area contributed by atoms with E-state index in [0.717, 1.165) is 32.2 Å². The normalized spacial score (nSPS) is 17.6. The van der Waals surface area contributed by atoms with E-state index in [1.807, 2.05) is 6.92 Å². The Bertz CT molecular complexity index is 449. The number of nitrogens with zero attached hydrogens (tertiary/aromatic N) is 1. The van der Waals surface area contributed by atoms with Crippen LogP contribution in [0.1, 0.15) is 24.1 Å². The van der Waals surface area contributed by atoms with E-state index >= 15 is 0 Å². The van der Waals surface area contributed by atoms with Gasteiger partial charge in [0.2, 0.25) is 0 Å². The molecule has 1 aromatic carbocycles. The van der Waals surface area contributed by atoms with E-state index in [2.05, 4.69) is 10.2 Å². The number of rotatable bonds is 2. The third kappa shape index (κ3) is 5.18. The predicted octanol–water partition coefficient (Wildman–Crippen LogP) is 4.17. The first-order valence-electron chi connectivity index (χ1n) is 6.21. The average molecular weight is 366 g/mol. The fraction of sp³-hybridized carbons (Fsp3) is 0.538. The van der Waals surface area contributed by atoms with Crippen LogP contribution in [0.15, 0.2) is 18.2 Å². The largest absolute Gasteiger partial charge is 0.417 e. The van der Waals surface area contributed by atoms with Crippen molar-refractivity contribution in [1.82, 2.24) is 10.2 Å². The summed E-state index contributed by atoms with van der Waals surface area (Å²) in [7, 11) is 0. The van der Waals surface area contributed by atoms with Crippen molar-refractivity contribution in [3.63, 3.8) is 0 Å². The molecule has 1 aliphatic heterocycles. The van der Waals surface area contributed by atoms with Crippen molar-refractivity contribution >= 4 is 36.4 Å². The highest BCUT2D eigenvalue weighted by Gasteiger charge is 2.34. The summed E-state index contributed by atoms with van der Waals surface area (Å²) in [4.78, 5) is 2.17. The molecule has 122 valence electrons. The van der Waals surface area contributed by atoms with Crippen LogP contribution >= 0.6 is 36.4 Å². The van der Waals surface area contributed by atoms with Crippen LogP contribution in [0.25, 0.3) is 0 Å². The van der Waals surface area contributed by atoms with Gasteiger partial charge >= 0.3 is 6.18 Å². The Morgan fingerprint density at radius 2 is 1.76 bits per heavy atom. The minimum atomic E-state index is -4.41. The zero-order chi connectivity index (χ0) is 14.0. The summed E-state index contributed by atoms with van der Waals surface area (Å²) in [6, 6.07) is 4.12. The Hall–Kier alpha value is -0.200. The molecule has 2 rings (SSSR count). The Kier molecular flexibility index (Phi) is 8.36. The molecule has 1 aromatic rings. The van der Waals surface area contributed by atoms with E-state index in [-0.39, 0.29) is 35.9 Å². The molecule has 0 bridgehead atoms. The zero-order valence-electron chi connectivity index (χ0n) is 11.4. The van der Waals surface area contributed by atoms with Crippen LogP contribution in [0.2, 0.25) is 5.02 Å². The lowest BCUT2D eigenvalue weighted by Gasteiger charge is -2.33. The molecule has 1 saturated heterocycles. The van der Waals surface area contributed by atoms with Gasteiger partial charge in [-0.3, -0.25) is 4.90 Å². The number of halogens is 6. The number of piperazine rings is 1. The molecule has 1 aliphatic rings. The molecule has 0 unspecified atom stereocenters. The maximum atomic E-state index is 12.8. The Labute approximate surface area is 139 Å². The van der Waals surface area contributed by atoms with Gasteiger partial charge in [0.05, 0.1) is 10.6 Å². The second kappa shape index (κ2) is 8.44. The SMILES string of the molecule is C[C@@H](c1ccc(Cl)c(C(F)(F)F)c1)N1CCNCC1.Cl.Cl. The molecule has 0 spiro atoms. The van der Waals surface area contributed by atoms with Crippen molar-refractivity contribution in [1.29, 1.82) is 0 Å². The van der Waals surface area contributed by atoms with Crippen LogP contribution in [0.4, 0.5) is 13.2 Å². The van der Waals surface area contributed by atoms with Crippen molar-refractivity contribution in [2.24, 2.45) is 0 Å². The van der Waals surface area contributed by atoms with Crippen LogP contribution in [0.3, 0.4) is 0 Å². The Morgan fingerprint density at radius 3 is 2.29 bits per heavy atom. The summed E-state index contributed by atoms with van der Waals surface area (Å²) in [5, 5.41) is 2.98. The maximum Gasteiger partial charge on any atom is 0.417 e. The van der Waals surface area contributed by atoms with E-state index < -0.39 is 11.7 Å². The lowest BCUT2D eigenvalue weighted by atomic mass is 10.0. The maximum absolute atomic E-state index is 12.8. The molecule has 8 heteroatoms. The molecule has 1 atom stereocenters. The number of hydrogen-bond acceptors (Lipinski definition) is 2. The minimum absolute atomic E-state index is 0. The smallest absolute Gasteiger partial charge is 0.314 e. The monoisotopic (exact) mass is 364 g/mol. The first-order chi connectivity index (χ1) is 8.89. The summed E-state index contributed by atoms with van der Waals surface area (Å²) in [6.07, 6.45) is -4.41. The molecule has 0 amide bonds. The second-order valence-electron chi connectivity index (χ2n) is 4.70. The molecule has 2 nitrogen and oxygen atoms in total. The van der Waals surface area contributed by atoms with Gasteiger partial charge in [-0.2, -0.15) is 13.2 Å². The fourth-order valence-electron chi connectivity index (χ4n) is 2.30. The third-order valence-electron chi connectivity index (χ3n) is 3.48. The van der Waals surface area contributed by atoms with E-state index in [1.165, 1.54) is 6.07 Å². The predicted molar refractivity (Wildman–Crippen MR) is 83.8 cm³/mol. The van der Waals surface area contributed by atoms with Gasteiger partial charge in [-0.05, 0) is 24.6 Å². The first-order valence-corrected chi connectivity index (χ1v) is 6.59. The molecule has 0 radical (unpaired) electrons. The van der Waals surface area contributed by atoms with Crippen LogP contribution in [-0.2, 0) is 6.18 Å². The van der Waals surface area contributed by atoms with Crippen molar-refractivity contribution in [2.45, 2.75) is 19.1 Å². The Balaban J connectivity index is 0.00000200. The summed E-state index contributed by atoms with van der Waals surface area (Å²) in [5.74, 6) is 0. The first kappa shape index (κ1) is 20.8. The summed E-state index contributed by atoms with van der Waals surface area (Å²) in [6.45, 7) is 5.33. The van der Waals surface area contributed by atoms with Gasteiger partial charge in [0.1, 0.15) is 0 Å². The molecule has 1 fully saturated rings. The minimum Gasteiger partial charge on any atom is -0.314 e. The van der Waals surface area contributed by atoms with E-state index in [4.69, 9.17) is 11.6 Å². The molecule has 1 heterocycles. The van der Waals surface area contributed by atoms with Crippen LogP contribution in [0.5, 0.6) is 0 Å². The summed E-state index contributed by atoms with van der Waals surface area (Å²) in [5.41, 5.74) is -0.104. The molecule has 0 saturated carbocycles. The Morgan fingerprint density at radius 1 is 1.19 bits per heavy atom. The molecular weight excluding hydrogens is 348 g/mol. The quantitative estimate of drug-likeness (QED) is 0.846. The number of nitrogens with one attached hydrogen (secondary N) is 1. The highest BCUT2D eigenvalue weighted by Crippen LogP contribution is 2.36. The zero-order valence-corrected chi connectivity index (χ0v) is 13.8. The lowest BCUT2D eigenvalue weighted by molar-refractivity contribution is -0.137. The molecule has 0 aromatic heterocycles.